The number of carbonyl (C=O) groups excluding carboxylic acids is 3. The Balaban J connectivity index is -0.000000208. The molecule has 0 aliphatic rings. The van der Waals surface area contributed by atoms with Gasteiger partial charge in [-0.15, -0.1) is 0 Å². The van der Waals surface area contributed by atoms with Gasteiger partial charge in [0, 0.05) is 25.1 Å². The molecule has 10 heteroatoms. The minimum atomic E-state index is -0.273. The van der Waals surface area contributed by atoms with Gasteiger partial charge in [0.2, 0.25) is 5.91 Å². The minimum absolute atomic E-state index is 0.273. The van der Waals surface area contributed by atoms with Gasteiger partial charge in [0.05, 0.1) is 6.54 Å². The van der Waals surface area contributed by atoms with Gasteiger partial charge in [-0.1, -0.05) is 32.3 Å². The molecule has 0 saturated carbocycles. The summed E-state index contributed by atoms with van der Waals surface area (Å²) in [5.74, 6) is -0.273. The number of nitrogens with one attached hydrogen (secondary N) is 3. The van der Waals surface area contributed by atoms with Crippen LogP contribution in [0.25, 0.3) is 0 Å². The smallest absolute Gasteiger partial charge is 0.217 e. The molecule has 0 atom stereocenters. The van der Waals surface area contributed by atoms with Gasteiger partial charge in [-0.3, -0.25) is 4.79 Å². The van der Waals surface area contributed by atoms with E-state index in [4.69, 9.17) is 22.9 Å². The molecule has 0 unspecified atom stereocenters. The lowest BCUT2D eigenvalue weighted by Gasteiger charge is -2.08. The van der Waals surface area contributed by atoms with Crippen molar-refractivity contribution < 1.29 is 14.4 Å². The van der Waals surface area contributed by atoms with E-state index in [1.807, 2.05) is 7.05 Å². The largest absolute Gasteiger partial charge is 0.389 e. The van der Waals surface area contributed by atoms with Crippen LogP contribution >= 0.6 is 0 Å². The average molecular weight is 518 g/mol. The van der Waals surface area contributed by atoms with Crippen LogP contribution in [0.5, 0.6) is 0 Å². The first kappa shape index (κ1) is 41.3. The summed E-state index contributed by atoms with van der Waals surface area (Å²) >= 11 is 0. The van der Waals surface area contributed by atoms with E-state index in [0.29, 0.717) is 32.4 Å². The number of allylic oxidation sites excluding steroid dienone is 1. The third kappa shape index (κ3) is 58.2. The molecule has 0 fully saturated rings. The molecule has 0 heterocycles. The van der Waals surface area contributed by atoms with Gasteiger partial charge in [0.25, 0.3) is 0 Å². The van der Waals surface area contributed by atoms with Crippen molar-refractivity contribution in [3.8, 4) is 0 Å². The summed E-state index contributed by atoms with van der Waals surface area (Å²) in [5.41, 5.74) is 21.6. The maximum absolute atomic E-state index is 10.1. The van der Waals surface area contributed by atoms with E-state index >= 15 is 0 Å². The van der Waals surface area contributed by atoms with E-state index in [9.17, 15) is 14.4 Å². The quantitative estimate of drug-likeness (QED) is 0.0819. The maximum Gasteiger partial charge on any atom is 0.217 e. The summed E-state index contributed by atoms with van der Waals surface area (Å²) in [6.45, 7) is 8.69. The molecule has 0 saturated heterocycles. The molecule has 1 amide bonds. The highest BCUT2D eigenvalue weighted by molar-refractivity contribution is 5.73. The topological polar surface area (TPSA) is 191 Å². The number of amides is 1. The Bertz CT molecular complexity index is 447. The third-order valence-corrected chi connectivity index (χ3v) is 4.60. The maximum atomic E-state index is 10.1. The zero-order valence-corrected chi connectivity index (χ0v) is 23.3. The first-order chi connectivity index (χ1) is 17.4. The van der Waals surface area contributed by atoms with Gasteiger partial charge >= 0.3 is 0 Å². The molecule has 11 N–H and O–H groups in total. The Morgan fingerprint density at radius 3 is 1.58 bits per heavy atom. The van der Waals surface area contributed by atoms with Gasteiger partial charge in [-0.05, 0) is 85.2 Å². The average Bonchev–Trinajstić information content (AvgIpc) is 2.86. The van der Waals surface area contributed by atoms with E-state index in [1.165, 1.54) is 44.9 Å². The highest BCUT2D eigenvalue weighted by Crippen LogP contribution is 2.02. The first-order valence-corrected chi connectivity index (χ1v) is 13.4. The third-order valence-electron chi connectivity index (χ3n) is 4.60. The summed E-state index contributed by atoms with van der Waals surface area (Å²) in [5, 5.41) is 9.04. The standard InChI is InChI=1S/C12H24N2O.C7H18N2.C4H10N2O.C3H7NO/c1-12(8-4-7-11-15)14-10-6-3-2-5-9-13;1-9-7-5-3-2-4-6-8;5-3-1-2-4(6)7;1-4-2-3-5/h11,14H,1-10,13H2;9H,2-8H2,1H3;1-3,5H2,(H2,6,7);3-4H,2H2,1H3. The lowest BCUT2D eigenvalue weighted by molar-refractivity contribution is -0.118. The van der Waals surface area contributed by atoms with E-state index in [-0.39, 0.29) is 5.91 Å². The Kier molecular flexibility index (Phi) is 49.6. The lowest BCUT2D eigenvalue weighted by atomic mass is 10.2. The zero-order chi connectivity index (χ0) is 28.1. The number of hydrogen-bond acceptors (Lipinski definition) is 9. The number of rotatable bonds is 22. The molecular formula is C26H59N7O3. The normalized spacial score (nSPS) is 9.36. The molecule has 0 aromatic heterocycles. The SMILES string of the molecule is C=C(CCCC=O)NCCCCCCN.CNCC=O.CNCCCCCCN.NCCCC(N)=O. The molecule has 0 aliphatic carbocycles. The molecule has 0 aliphatic heterocycles. The van der Waals surface area contributed by atoms with Crippen molar-refractivity contribution in [1.82, 2.24) is 16.0 Å². The fourth-order valence-corrected chi connectivity index (χ4v) is 2.53. The zero-order valence-electron chi connectivity index (χ0n) is 23.3. The molecule has 36 heavy (non-hydrogen) atoms. The van der Waals surface area contributed by atoms with Crippen molar-refractivity contribution in [3.05, 3.63) is 12.3 Å². The van der Waals surface area contributed by atoms with Crippen LogP contribution in [0.4, 0.5) is 0 Å². The van der Waals surface area contributed by atoms with Crippen molar-refractivity contribution in [2.75, 3.05) is 53.4 Å². The predicted molar refractivity (Wildman–Crippen MR) is 154 cm³/mol. The fraction of sp³-hybridized carbons (Fsp3) is 0.808. The molecular weight excluding hydrogens is 458 g/mol. The van der Waals surface area contributed by atoms with E-state index < -0.39 is 0 Å². The molecule has 0 aromatic carbocycles. The van der Waals surface area contributed by atoms with Crippen LogP contribution in [-0.4, -0.2) is 71.8 Å². The minimum Gasteiger partial charge on any atom is -0.389 e. The summed E-state index contributed by atoms with van der Waals surface area (Å²) in [6.07, 6.45) is 15.2. The van der Waals surface area contributed by atoms with Crippen molar-refractivity contribution in [1.29, 1.82) is 0 Å². The monoisotopic (exact) mass is 517 g/mol. The van der Waals surface area contributed by atoms with Gasteiger partial charge in [-0.2, -0.15) is 0 Å². The van der Waals surface area contributed by atoms with Crippen molar-refractivity contribution in [3.63, 3.8) is 0 Å². The Morgan fingerprint density at radius 2 is 1.22 bits per heavy atom. The molecule has 0 bridgehead atoms. The number of hydrogen-bond donors (Lipinski definition) is 7. The number of aldehydes is 2. The highest BCUT2D eigenvalue weighted by atomic mass is 16.1. The van der Waals surface area contributed by atoms with Gasteiger partial charge in [0.15, 0.2) is 0 Å². The van der Waals surface area contributed by atoms with Crippen molar-refractivity contribution >= 4 is 18.5 Å². The molecule has 216 valence electrons. The Hall–Kier alpha value is -1.85. The van der Waals surface area contributed by atoms with E-state index in [1.54, 1.807) is 7.05 Å². The summed E-state index contributed by atoms with van der Waals surface area (Å²) < 4.78 is 0. The Labute approximate surface area is 221 Å². The van der Waals surface area contributed by atoms with Gasteiger partial charge in [0.1, 0.15) is 12.6 Å². The number of unbranched alkanes of at least 4 members (excludes halogenated alkanes) is 7. The number of nitrogens with two attached hydrogens (primary N) is 4. The van der Waals surface area contributed by atoms with Crippen LogP contribution < -0.4 is 38.9 Å². The molecule has 0 radical (unpaired) electrons. The van der Waals surface area contributed by atoms with Crippen LogP contribution in [0.1, 0.15) is 83.5 Å². The number of carbonyl (C=O) groups is 3. The summed E-state index contributed by atoms with van der Waals surface area (Å²) in [4.78, 5) is 29.4. The number of primary amides is 1. The first-order valence-electron chi connectivity index (χ1n) is 13.4. The van der Waals surface area contributed by atoms with Crippen LogP contribution in [0, 0.1) is 0 Å². The second kappa shape index (κ2) is 43.2. The van der Waals surface area contributed by atoms with Crippen LogP contribution in [0.2, 0.25) is 0 Å². The van der Waals surface area contributed by atoms with Crippen molar-refractivity contribution in [2.45, 2.75) is 83.5 Å². The molecule has 0 spiro atoms. The van der Waals surface area contributed by atoms with Crippen molar-refractivity contribution in [2.24, 2.45) is 22.9 Å². The second-order valence-corrected chi connectivity index (χ2v) is 8.18. The molecule has 10 nitrogen and oxygen atoms in total. The fourth-order valence-electron chi connectivity index (χ4n) is 2.53. The van der Waals surface area contributed by atoms with Crippen LogP contribution in [0.3, 0.4) is 0 Å². The van der Waals surface area contributed by atoms with E-state index in [0.717, 1.165) is 63.7 Å². The second-order valence-electron chi connectivity index (χ2n) is 8.18. The number of likely N-dealkylation sites (N-methyl/N-ethyl adjacent to an activating group) is 1. The predicted octanol–water partition coefficient (Wildman–Crippen LogP) is 1.32. The van der Waals surface area contributed by atoms with Crippen LogP contribution in [0.15, 0.2) is 12.3 Å². The lowest BCUT2D eigenvalue weighted by Crippen LogP contribution is -2.14. The van der Waals surface area contributed by atoms with Gasteiger partial charge < -0.3 is 48.5 Å². The molecule has 0 rings (SSSR count). The Morgan fingerprint density at radius 1 is 0.694 bits per heavy atom. The summed E-state index contributed by atoms with van der Waals surface area (Å²) in [7, 11) is 3.72. The van der Waals surface area contributed by atoms with Gasteiger partial charge in [-0.25, -0.2) is 0 Å². The van der Waals surface area contributed by atoms with Crippen LogP contribution in [-0.2, 0) is 14.4 Å². The molecule has 0 aromatic rings. The highest BCUT2D eigenvalue weighted by Gasteiger charge is 1.94. The van der Waals surface area contributed by atoms with E-state index in [2.05, 4.69) is 22.5 Å². The summed E-state index contributed by atoms with van der Waals surface area (Å²) in [6, 6.07) is 0.